The van der Waals surface area contributed by atoms with E-state index in [1.807, 2.05) is 26.1 Å². The van der Waals surface area contributed by atoms with Crippen molar-refractivity contribution in [3.05, 3.63) is 41.1 Å². The van der Waals surface area contributed by atoms with E-state index in [1.165, 1.54) is 5.56 Å². The third-order valence-corrected chi connectivity index (χ3v) is 3.68. The number of benzene rings is 1. The number of nitrogens with one attached hydrogen (secondary N) is 1. The molecule has 21 heavy (non-hydrogen) atoms. The van der Waals surface area contributed by atoms with Crippen LogP contribution in [0.25, 0.3) is 0 Å². The fraction of sp³-hybridized carbons (Fsp3) is 0.438. The Labute approximate surface area is 125 Å². The van der Waals surface area contributed by atoms with E-state index >= 15 is 0 Å². The quantitative estimate of drug-likeness (QED) is 0.888. The lowest BCUT2D eigenvalue weighted by molar-refractivity contribution is 0.367. The molecule has 0 saturated carbocycles. The average molecular weight is 289 g/mol. The van der Waals surface area contributed by atoms with Gasteiger partial charge in [0.25, 0.3) is 0 Å². The number of aryl methyl sites for hydroxylation is 2. The van der Waals surface area contributed by atoms with Crippen molar-refractivity contribution in [3.8, 4) is 11.6 Å². The van der Waals surface area contributed by atoms with Crippen LogP contribution in [0.1, 0.15) is 29.8 Å². The summed E-state index contributed by atoms with van der Waals surface area (Å²) in [6, 6.07) is 8.33. The minimum Gasteiger partial charge on any atom is -0.497 e. The summed E-state index contributed by atoms with van der Waals surface area (Å²) in [6.45, 7) is 4.85. The van der Waals surface area contributed by atoms with Gasteiger partial charge in [-0.15, -0.1) is 0 Å². The van der Waals surface area contributed by atoms with Gasteiger partial charge in [-0.2, -0.15) is 5.10 Å². The van der Waals surface area contributed by atoms with E-state index in [-0.39, 0.29) is 6.04 Å². The average Bonchev–Trinajstić information content (AvgIpc) is 2.78. The van der Waals surface area contributed by atoms with Gasteiger partial charge in [-0.05, 0) is 31.5 Å². The summed E-state index contributed by atoms with van der Waals surface area (Å²) in [4.78, 5) is 0. The molecule has 5 nitrogen and oxygen atoms in total. The third-order valence-electron chi connectivity index (χ3n) is 3.68. The first kappa shape index (κ1) is 15.4. The molecular formula is C16H23N3O2. The first-order valence-corrected chi connectivity index (χ1v) is 7.00. The minimum absolute atomic E-state index is 0.236. The molecule has 0 bridgehead atoms. The van der Waals surface area contributed by atoms with Gasteiger partial charge < -0.3 is 14.8 Å². The van der Waals surface area contributed by atoms with Gasteiger partial charge in [0.05, 0.1) is 25.5 Å². The molecule has 2 rings (SSSR count). The van der Waals surface area contributed by atoms with Crippen LogP contribution in [0.5, 0.6) is 11.6 Å². The van der Waals surface area contributed by atoms with E-state index in [1.54, 1.807) is 18.9 Å². The fourth-order valence-corrected chi connectivity index (χ4v) is 2.41. The lowest BCUT2D eigenvalue weighted by Gasteiger charge is -2.15. The molecular weight excluding hydrogens is 266 g/mol. The number of ether oxygens (including phenoxy) is 2. The zero-order chi connectivity index (χ0) is 15.4. The second-order valence-electron chi connectivity index (χ2n) is 5.07. The van der Waals surface area contributed by atoms with E-state index in [0.717, 1.165) is 29.4 Å². The van der Waals surface area contributed by atoms with Gasteiger partial charge in [-0.1, -0.05) is 12.1 Å². The predicted octanol–water partition coefficient (Wildman–Crippen LogP) is 2.60. The first-order chi connectivity index (χ1) is 10.1. The van der Waals surface area contributed by atoms with Gasteiger partial charge >= 0.3 is 0 Å². The van der Waals surface area contributed by atoms with Crippen molar-refractivity contribution in [3.63, 3.8) is 0 Å². The van der Waals surface area contributed by atoms with Crippen molar-refractivity contribution in [2.24, 2.45) is 7.05 Å². The SMILES string of the molecule is COc1ccc([C@H](C)NCc2c(C)nn(C)c2OC)cc1. The highest BCUT2D eigenvalue weighted by Gasteiger charge is 2.14. The monoisotopic (exact) mass is 289 g/mol. The number of rotatable bonds is 6. The maximum atomic E-state index is 5.41. The number of aromatic nitrogens is 2. The molecule has 2 aromatic rings. The van der Waals surface area contributed by atoms with Gasteiger partial charge in [0.15, 0.2) is 0 Å². The molecule has 0 spiro atoms. The summed E-state index contributed by atoms with van der Waals surface area (Å²) in [5, 5.41) is 7.90. The van der Waals surface area contributed by atoms with Crippen molar-refractivity contribution in [1.29, 1.82) is 0 Å². The smallest absolute Gasteiger partial charge is 0.216 e. The van der Waals surface area contributed by atoms with Crippen molar-refractivity contribution >= 4 is 0 Å². The first-order valence-electron chi connectivity index (χ1n) is 7.00. The summed E-state index contributed by atoms with van der Waals surface area (Å²) >= 11 is 0. The maximum Gasteiger partial charge on any atom is 0.216 e. The van der Waals surface area contributed by atoms with E-state index in [4.69, 9.17) is 9.47 Å². The van der Waals surface area contributed by atoms with Crippen molar-refractivity contribution < 1.29 is 9.47 Å². The highest BCUT2D eigenvalue weighted by molar-refractivity contribution is 5.32. The topological polar surface area (TPSA) is 48.3 Å². The summed E-state index contributed by atoms with van der Waals surface area (Å²) in [7, 11) is 5.24. The Bertz CT molecular complexity index is 590. The number of hydrogen-bond donors (Lipinski definition) is 1. The minimum atomic E-state index is 0.236. The lowest BCUT2D eigenvalue weighted by atomic mass is 10.1. The molecule has 0 aliphatic rings. The maximum absolute atomic E-state index is 5.41. The summed E-state index contributed by atoms with van der Waals surface area (Å²) in [6.07, 6.45) is 0. The number of hydrogen-bond acceptors (Lipinski definition) is 4. The summed E-state index contributed by atoms with van der Waals surface area (Å²) in [5.74, 6) is 1.68. The van der Waals surface area contributed by atoms with Crippen LogP contribution in [0.15, 0.2) is 24.3 Å². The van der Waals surface area contributed by atoms with Crippen LogP contribution in [-0.2, 0) is 13.6 Å². The molecule has 1 aromatic carbocycles. The molecule has 0 amide bonds. The Morgan fingerprint density at radius 3 is 2.43 bits per heavy atom. The molecule has 1 aromatic heterocycles. The van der Waals surface area contributed by atoms with E-state index in [0.29, 0.717) is 0 Å². The second kappa shape index (κ2) is 6.63. The Hall–Kier alpha value is -2.01. The van der Waals surface area contributed by atoms with Gasteiger partial charge in [0, 0.05) is 19.6 Å². The lowest BCUT2D eigenvalue weighted by Crippen LogP contribution is -2.18. The van der Waals surface area contributed by atoms with E-state index in [2.05, 4.69) is 29.5 Å². The molecule has 1 heterocycles. The fourth-order valence-electron chi connectivity index (χ4n) is 2.41. The van der Waals surface area contributed by atoms with Gasteiger partial charge in [0.2, 0.25) is 5.88 Å². The Kier molecular flexibility index (Phi) is 4.85. The molecule has 0 fully saturated rings. The normalized spacial score (nSPS) is 12.2. The molecule has 0 saturated heterocycles. The molecule has 114 valence electrons. The largest absolute Gasteiger partial charge is 0.497 e. The Morgan fingerprint density at radius 2 is 1.86 bits per heavy atom. The Morgan fingerprint density at radius 1 is 1.19 bits per heavy atom. The van der Waals surface area contributed by atoms with Crippen molar-refractivity contribution in [2.75, 3.05) is 14.2 Å². The number of methoxy groups -OCH3 is 2. The van der Waals surface area contributed by atoms with Crippen LogP contribution >= 0.6 is 0 Å². The molecule has 1 N–H and O–H groups in total. The molecule has 5 heteroatoms. The molecule has 0 unspecified atom stereocenters. The second-order valence-corrected chi connectivity index (χ2v) is 5.07. The van der Waals surface area contributed by atoms with E-state index < -0.39 is 0 Å². The summed E-state index contributed by atoms with van der Waals surface area (Å²) < 4.78 is 12.4. The van der Waals surface area contributed by atoms with Crippen LogP contribution in [0.4, 0.5) is 0 Å². The zero-order valence-electron chi connectivity index (χ0n) is 13.3. The van der Waals surface area contributed by atoms with Crippen LogP contribution in [0.3, 0.4) is 0 Å². The number of nitrogens with zero attached hydrogens (tertiary/aromatic N) is 2. The van der Waals surface area contributed by atoms with Crippen LogP contribution in [-0.4, -0.2) is 24.0 Å². The Balaban J connectivity index is 2.05. The van der Waals surface area contributed by atoms with Crippen LogP contribution in [0, 0.1) is 6.92 Å². The van der Waals surface area contributed by atoms with Crippen LogP contribution < -0.4 is 14.8 Å². The third kappa shape index (κ3) is 3.36. The van der Waals surface area contributed by atoms with E-state index in [9.17, 15) is 0 Å². The van der Waals surface area contributed by atoms with Crippen LogP contribution in [0.2, 0.25) is 0 Å². The molecule has 1 atom stereocenters. The van der Waals surface area contributed by atoms with Gasteiger partial charge in [0.1, 0.15) is 5.75 Å². The molecule has 0 aliphatic heterocycles. The highest BCUT2D eigenvalue weighted by Crippen LogP contribution is 2.22. The summed E-state index contributed by atoms with van der Waals surface area (Å²) in [5.41, 5.74) is 3.31. The highest BCUT2D eigenvalue weighted by atomic mass is 16.5. The van der Waals surface area contributed by atoms with Crippen molar-refractivity contribution in [1.82, 2.24) is 15.1 Å². The van der Waals surface area contributed by atoms with Gasteiger partial charge in [-0.25, -0.2) is 4.68 Å². The van der Waals surface area contributed by atoms with Crippen molar-refractivity contribution in [2.45, 2.75) is 26.4 Å². The zero-order valence-corrected chi connectivity index (χ0v) is 13.3. The standard InChI is InChI=1S/C16H23N3O2/c1-11(13-6-8-14(20-4)9-7-13)17-10-15-12(2)18-19(3)16(15)21-5/h6-9,11,17H,10H2,1-5H3/t11-/m0/s1. The molecule has 0 aliphatic carbocycles. The predicted molar refractivity (Wildman–Crippen MR) is 82.7 cm³/mol. The van der Waals surface area contributed by atoms with Gasteiger partial charge in [-0.3, -0.25) is 0 Å². The molecule has 0 radical (unpaired) electrons.